The lowest BCUT2D eigenvalue weighted by Gasteiger charge is -2.13. The van der Waals surface area contributed by atoms with Crippen LogP contribution in [-0.2, 0) is 0 Å². The monoisotopic (exact) mass is 250 g/mol. The number of pyridine rings is 1. The number of methoxy groups -OCH3 is 1. The van der Waals surface area contributed by atoms with Crippen molar-refractivity contribution in [1.82, 2.24) is 4.98 Å². The average Bonchev–Trinajstić information content (AvgIpc) is 2.38. The Morgan fingerprint density at radius 3 is 2.61 bits per heavy atom. The summed E-state index contributed by atoms with van der Waals surface area (Å²) in [6.45, 7) is 0. The van der Waals surface area contributed by atoms with Crippen molar-refractivity contribution in [1.29, 1.82) is 0 Å². The van der Waals surface area contributed by atoms with Gasteiger partial charge in [0.2, 0.25) is 0 Å². The summed E-state index contributed by atoms with van der Waals surface area (Å²) in [5, 5.41) is 0. The third-order valence-electron chi connectivity index (χ3n) is 2.62. The van der Waals surface area contributed by atoms with Crippen LogP contribution in [0.1, 0.15) is 17.3 Å². The summed E-state index contributed by atoms with van der Waals surface area (Å²) in [4.78, 5) is 3.84. The molecule has 0 spiro atoms. The van der Waals surface area contributed by atoms with Crippen LogP contribution < -0.4 is 10.5 Å². The summed E-state index contributed by atoms with van der Waals surface area (Å²) in [5.41, 5.74) is 6.02. The van der Waals surface area contributed by atoms with Gasteiger partial charge in [-0.3, -0.25) is 4.98 Å². The first-order chi connectivity index (χ1) is 8.63. The largest absolute Gasteiger partial charge is 0.497 e. The Labute approximate surface area is 103 Å². The highest BCUT2D eigenvalue weighted by atomic mass is 19.1. The van der Waals surface area contributed by atoms with E-state index < -0.39 is 17.7 Å². The van der Waals surface area contributed by atoms with Gasteiger partial charge in [0.1, 0.15) is 17.4 Å². The highest BCUT2D eigenvalue weighted by molar-refractivity contribution is 5.34. The smallest absolute Gasteiger partial charge is 0.146 e. The molecule has 1 unspecified atom stereocenters. The molecule has 0 aliphatic rings. The van der Waals surface area contributed by atoms with Gasteiger partial charge in [-0.25, -0.2) is 8.78 Å². The van der Waals surface area contributed by atoms with Gasteiger partial charge in [0.15, 0.2) is 0 Å². The Kier molecular flexibility index (Phi) is 3.53. The fourth-order valence-corrected chi connectivity index (χ4v) is 1.66. The number of aromatic nitrogens is 1. The van der Waals surface area contributed by atoms with E-state index in [0.29, 0.717) is 5.75 Å². The van der Waals surface area contributed by atoms with Crippen LogP contribution >= 0.6 is 0 Å². The molecule has 0 amide bonds. The Morgan fingerprint density at radius 2 is 2.00 bits per heavy atom. The number of halogens is 2. The van der Waals surface area contributed by atoms with E-state index in [1.54, 1.807) is 6.07 Å². The molecule has 18 heavy (non-hydrogen) atoms. The Bertz CT molecular complexity index is 560. The van der Waals surface area contributed by atoms with Crippen molar-refractivity contribution in [2.75, 3.05) is 7.11 Å². The minimum absolute atomic E-state index is 0.0153. The lowest BCUT2D eigenvalue weighted by molar-refractivity contribution is 0.410. The van der Waals surface area contributed by atoms with Gasteiger partial charge in [0.05, 0.1) is 18.8 Å². The lowest BCUT2D eigenvalue weighted by atomic mass is 10.0. The van der Waals surface area contributed by atoms with Gasteiger partial charge in [-0.05, 0) is 18.2 Å². The van der Waals surface area contributed by atoms with Crippen molar-refractivity contribution in [2.24, 2.45) is 5.73 Å². The second-order valence-corrected chi connectivity index (χ2v) is 3.74. The van der Waals surface area contributed by atoms with E-state index in [1.165, 1.54) is 37.6 Å². The van der Waals surface area contributed by atoms with Crippen LogP contribution in [0.2, 0.25) is 0 Å². The number of rotatable bonds is 3. The molecule has 0 saturated carbocycles. The zero-order valence-electron chi connectivity index (χ0n) is 9.73. The summed E-state index contributed by atoms with van der Waals surface area (Å²) in [6, 6.07) is 5.99. The van der Waals surface area contributed by atoms with E-state index in [-0.39, 0.29) is 11.3 Å². The average molecular weight is 250 g/mol. The molecule has 0 aliphatic heterocycles. The molecule has 5 heteroatoms. The van der Waals surface area contributed by atoms with Gasteiger partial charge in [0.25, 0.3) is 0 Å². The van der Waals surface area contributed by atoms with Crippen LogP contribution in [0.5, 0.6) is 5.75 Å². The topological polar surface area (TPSA) is 48.1 Å². The molecular weight excluding hydrogens is 238 g/mol. The zero-order valence-corrected chi connectivity index (χ0v) is 9.73. The van der Waals surface area contributed by atoms with Crippen LogP contribution in [-0.4, -0.2) is 12.1 Å². The minimum Gasteiger partial charge on any atom is -0.497 e. The number of hydrogen-bond donors (Lipinski definition) is 1. The molecule has 0 aliphatic carbocycles. The number of ether oxygens (including phenoxy) is 1. The van der Waals surface area contributed by atoms with E-state index in [9.17, 15) is 8.78 Å². The highest BCUT2D eigenvalue weighted by Gasteiger charge is 2.18. The molecule has 2 N–H and O–H groups in total. The molecular formula is C13H12F2N2O. The standard InChI is InChI=1S/C13H12F2N2O/c1-18-8-4-5-9(11(15)7-8)12(16)13-10(14)3-2-6-17-13/h2-7,12H,16H2,1H3. The van der Waals surface area contributed by atoms with Gasteiger partial charge in [0, 0.05) is 17.8 Å². The number of hydrogen-bond acceptors (Lipinski definition) is 3. The minimum atomic E-state index is -0.947. The van der Waals surface area contributed by atoms with Crippen LogP contribution in [0.25, 0.3) is 0 Å². The molecule has 0 bridgehead atoms. The summed E-state index contributed by atoms with van der Waals surface area (Å²) in [7, 11) is 1.44. The Hall–Kier alpha value is -2.01. The highest BCUT2D eigenvalue weighted by Crippen LogP contribution is 2.25. The van der Waals surface area contributed by atoms with Crippen LogP contribution in [0.3, 0.4) is 0 Å². The number of nitrogens with zero attached hydrogens (tertiary/aromatic N) is 1. The SMILES string of the molecule is COc1ccc(C(N)c2ncccc2F)c(F)c1. The van der Waals surface area contributed by atoms with Crippen molar-refractivity contribution in [3.63, 3.8) is 0 Å². The van der Waals surface area contributed by atoms with Crippen molar-refractivity contribution in [2.45, 2.75) is 6.04 Å². The zero-order chi connectivity index (χ0) is 13.1. The molecule has 1 aromatic heterocycles. The predicted molar refractivity (Wildman–Crippen MR) is 63.2 cm³/mol. The predicted octanol–water partition coefficient (Wildman–Crippen LogP) is 2.42. The number of benzene rings is 1. The normalized spacial score (nSPS) is 12.2. The van der Waals surface area contributed by atoms with Crippen molar-refractivity contribution >= 4 is 0 Å². The van der Waals surface area contributed by atoms with Gasteiger partial charge < -0.3 is 10.5 Å². The van der Waals surface area contributed by atoms with E-state index in [4.69, 9.17) is 10.5 Å². The molecule has 2 aromatic rings. The summed E-state index contributed by atoms with van der Waals surface area (Å²) in [5.74, 6) is -0.725. The third kappa shape index (κ3) is 2.31. The van der Waals surface area contributed by atoms with Gasteiger partial charge in [-0.1, -0.05) is 6.07 Å². The van der Waals surface area contributed by atoms with Crippen molar-refractivity contribution in [3.05, 3.63) is 59.4 Å². The summed E-state index contributed by atoms with van der Waals surface area (Å²) >= 11 is 0. The van der Waals surface area contributed by atoms with Crippen molar-refractivity contribution in [3.8, 4) is 5.75 Å². The molecule has 94 valence electrons. The van der Waals surface area contributed by atoms with E-state index >= 15 is 0 Å². The maximum Gasteiger partial charge on any atom is 0.146 e. The number of nitrogens with two attached hydrogens (primary N) is 1. The second-order valence-electron chi connectivity index (χ2n) is 3.74. The van der Waals surface area contributed by atoms with E-state index in [1.807, 2.05) is 0 Å². The quantitative estimate of drug-likeness (QED) is 0.910. The maximum atomic E-state index is 13.8. The van der Waals surface area contributed by atoms with E-state index in [2.05, 4.69) is 4.98 Å². The molecule has 2 rings (SSSR count). The molecule has 1 atom stereocenters. The summed E-state index contributed by atoms with van der Waals surface area (Å²) in [6.07, 6.45) is 1.42. The molecule has 0 saturated heterocycles. The van der Waals surface area contributed by atoms with Gasteiger partial charge in [-0.15, -0.1) is 0 Å². The first-order valence-corrected chi connectivity index (χ1v) is 5.33. The molecule has 0 radical (unpaired) electrons. The van der Waals surface area contributed by atoms with Gasteiger partial charge >= 0.3 is 0 Å². The molecule has 3 nitrogen and oxygen atoms in total. The van der Waals surface area contributed by atoms with Gasteiger partial charge in [-0.2, -0.15) is 0 Å². The van der Waals surface area contributed by atoms with Crippen LogP contribution in [0, 0.1) is 11.6 Å². The van der Waals surface area contributed by atoms with Crippen molar-refractivity contribution < 1.29 is 13.5 Å². The third-order valence-corrected chi connectivity index (χ3v) is 2.62. The molecule has 0 fully saturated rings. The molecule has 1 heterocycles. The second kappa shape index (κ2) is 5.10. The lowest BCUT2D eigenvalue weighted by Crippen LogP contribution is -2.16. The Morgan fingerprint density at radius 1 is 1.22 bits per heavy atom. The first-order valence-electron chi connectivity index (χ1n) is 5.33. The van der Waals surface area contributed by atoms with E-state index in [0.717, 1.165) is 0 Å². The fourth-order valence-electron chi connectivity index (χ4n) is 1.66. The van der Waals surface area contributed by atoms with Crippen LogP contribution in [0.15, 0.2) is 36.5 Å². The Balaban J connectivity index is 2.40. The van der Waals surface area contributed by atoms with Crippen LogP contribution in [0.4, 0.5) is 8.78 Å². The first kappa shape index (κ1) is 12.4. The maximum absolute atomic E-state index is 13.8. The summed E-state index contributed by atoms with van der Waals surface area (Å²) < 4.78 is 32.2. The molecule has 1 aromatic carbocycles. The fraction of sp³-hybridized carbons (Fsp3) is 0.154.